The highest BCUT2D eigenvalue weighted by atomic mass is 19.3. The number of fused-ring (bicyclic) bond motifs is 2. The van der Waals surface area contributed by atoms with E-state index >= 15 is 0 Å². The molecule has 6 rings (SSSR count). The van der Waals surface area contributed by atoms with Crippen LogP contribution >= 0.6 is 0 Å². The maximum Gasteiger partial charge on any atom is 0.250 e. The Bertz CT molecular complexity index is 912. The Morgan fingerprint density at radius 3 is 2.26 bits per heavy atom. The molecule has 2 aliphatic heterocycles. The SMILES string of the molecule is C[C@@]1(C2CC3CCCC(C3)C2)OOC2(CCC(c3ccc(OCCCN4CCC(F)(F)CC4)cc3)CC2)O1. The summed E-state index contributed by atoms with van der Waals surface area (Å²) in [5.41, 5.74) is 1.34. The smallest absolute Gasteiger partial charge is 0.250 e. The monoisotopic (exact) mass is 533 g/mol. The third-order valence-corrected chi connectivity index (χ3v) is 10.2. The zero-order valence-corrected chi connectivity index (χ0v) is 23.0. The summed E-state index contributed by atoms with van der Waals surface area (Å²) in [7, 11) is 0. The molecule has 3 atom stereocenters. The van der Waals surface area contributed by atoms with Crippen molar-refractivity contribution in [3.63, 3.8) is 0 Å². The van der Waals surface area contributed by atoms with Gasteiger partial charge < -0.3 is 14.4 Å². The van der Waals surface area contributed by atoms with E-state index in [-0.39, 0.29) is 12.8 Å². The van der Waals surface area contributed by atoms with Gasteiger partial charge in [0.25, 0.3) is 5.92 Å². The topological polar surface area (TPSA) is 40.2 Å². The lowest BCUT2D eigenvalue weighted by atomic mass is 9.66. The lowest BCUT2D eigenvalue weighted by Crippen LogP contribution is -2.45. The van der Waals surface area contributed by atoms with Crippen LogP contribution in [0.2, 0.25) is 0 Å². The third kappa shape index (κ3) is 6.06. The molecule has 3 saturated carbocycles. The number of likely N-dealkylation sites (tertiary alicyclic amines) is 1. The van der Waals surface area contributed by atoms with Gasteiger partial charge in [-0.3, -0.25) is 0 Å². The highest BCUT2D eigenvalue weighted by Crippen LogP contribution is 2.53. The summed E-state index contributed by atoms with van der Waals surface area (Å²) in [6.45, 7) is 4.49. The maximum atomic E-state index is 13.3. The van der Waals surface area contributed by atoms with Gasteiger partial charge in [-0.05, 0) is 80.9 Å². The van der Waals surface area contributed by atoms with Gasteiger partial charge in [0.2, 0.25) is 11.6 Å². The number of rotatable bonds is 7. The van der Waals surface area contributed by atoms with Crippen LogP contribution < -0.4 is 4.74 Å². The Kier molecular flexibility index (Phi) is 7.75. The Morgan fingerprint density at radius 2 is 1.58 bits per heavy atom. The largest absolute Gasteiger partial charge is 0.494 e. The number of piperidine rings is 1. The first-order chi connectivity index (χ1) is 18.3. The van der Waals surface area contributed by atoms with Crippen molar-refractivity contribution in [1.29, 1.82) is 0 Å². The van der Waals surface area contributed by atoms with Crippen LogP contribution in [0.15, 0.2) is 24.3 Å². The number of alkyl halides is 2. The van der Waals surface area contributed by atoms with Gasteiger partial charge in [0.15, 0.2) is 0 Å². The quantitative estimate of drug-likeness (QED) is 0.269. The fourth-order valence-electron chi connectivity index (χ4n) is 7.87. The molecular weight excluding hydrogens is 488 g/mol. The summed E-state index contributed by atoms with van der Waals surface area (Å²) < 4.78 is 39.2. The van der Waals surface area contributed by atoms with Crippen LogP contribution in [-0.4, -0.2) is 48.6 Å². The Labute approximate surface area is 226 Å². The standard InChI is InChI=1S/C31H45F2NO4/c1-29(27-21-23-4-2-5-24(20-23)22-27)36-31(38-37-29)12-10-26(11-13-31)25-6-8-28(9-7-25)35-19-3-16-34-17-14-30(32,33)15-18-34/h6-9,23-24,26-27H,2-5,10-22H2,1H3/t23?,24?,26?,27?,29-,31?/m0/s1. The number of hydrogen-bond donors (Lipinski definition) is 0. The average Bonchev–Trinajstić information content (AvgIpc) is 3.25. The van der Waals surface area contributed by atoms with Crippen LogP contribution in [0.3, 0.4) is 0 Å². The molecule has 0 aromatic heterocycles. The molecule has 0 amide bonds. The van der Waals surface area contributed by atoms with E-state index in [0.717, 1.165) is 56.2 Å². The van der Waals surface area contributed by atoms with Gasteiger partial charge >= 0.3 is 0 Å². The first-order valence-electron chi connectivity index (χ1n) is 15.2. The maximum absolute atomic E-state index is 13.3. The fraction of sp³-hybridized carbons (Fsp3) is 0.806. The minimum Gasteiger partial charge on any atom is -0.494 e. The van der Waals surface area contributed by atoms with E-state index in [2.05, 4.69) is 36.1 Å². The first-order valence-corrected chi connectivity index (χ1v) is 15.2. The predicted molar refractivity (Wildman–Crippen MR) is 141 cm³/mol. The van der Waals surface area contributed by atoms with Crippen molar-refractivity contribution in [3.05, 3.63) is 29.8 Å². The molecule has 5 aliphatic rings. The van der Waals surface area contributed by atoms with Gasteiger partial charge in [0.05, 0.1) is 6.61 Å². The van der Waals surface area contributed by atoms with Gasteiger partial charge in [-0.15, -0.1) is 0 Å². The second kappa shape index (κ2) is 10.9. The second-order valence-electron chi connectivity index (χ2n) is 13.0. The number of ether oxygens (including phenoxy) is 2. The summed E-state index contributed by atoms with van der Waals surface area (Å²) in [6, 6.07) is 8.48. The highest BCUT2D eigenvalue weighted by Gasteiger charge is 2.56. The minimum absolute atomic E-state index is 0.0243. The molecule has 2 unspecified atom stereocenters. The zero-order valence-electron chi connectivity index (χ0n) is 23.0. The van der Waals surface area contributed by atoms with Crippen LogP contribution in [-0.2, 0) is 14.5 Å². The lowest BCUT2D eigenvalue weighted by Gasteiger charge is -2.44. The van der Waals surface area contributed by atoms with Crippen LogP contribution in [0, 0.1) is 17.8 Å². The number of benzene rings is 1. The highest BCUT2D eigenvalue weighted by molar-refractivity contribution is 5.30. The Hall–Kier alpha value is -1.28. The molecule has 1 spiro atoms. The number of hydrogen-bond acceptors (Lipinski definition) is 5. The molecule has 1 aromatic rings. The Morgan fingerprint density at radius 1 is 0.895 bits per heavy atom. The molecule has 7 heteroatoms. The van der Waals surface area contributed by atoms with E-state index in [1.807, 2.05) is 0 Å². The molecular formula is C31H45F2NO4. The molecule has 0 radical (unpaired) electrons. The van der Waals surface area contributed by atoms with Crippen molar-refractivity contribution < 1.29 is 28.0 Å². The van der Waals surface area contributed by atoms with E-state index in [1.165, 1.54) is 44.1 Å². The van der Waals surface area contributed by atoms with E-state index in [0.29, 0.717) is 31.5 Å². The predicted octanol–water partition coefficient (Wildman–Crippen LogP) is 7.45. The van der Waals surface area contributed by atoms with E-state index in [4.69, 9.17) is 19.2 Å². The molecule has 5 fully saturated rings. The van der Waals surface area contributed by atoms with Crippen LogP contribution in [0.25, 0.3) is 0 Å². The summed E-state index contributed by atoms with van der Waals surface area (Å²) in [5, 5.41) is 0. The zero-order chi connectivity index (χ0) is 26.2. The molecule has 5 nitrogen and oxygen atoms in total. The molecule has 0 N–H and O–H groups in total. The van der Waals surface area contributed by atoms with Crippen molar-refractivity contribution in [3.8, 4) is 5.75 Å². The van der Waals surface area contributed by atoms with Crippen molar-refractivity contribution in [2.24, 2.45) is 17.8 Å². The molecule has 1 aromatic carbocycles. The molecule has 212 valence electrons. The van der Waals surface area contributed by atoms with Gasteiger partial charge in [-0.1, -0.05) is 31.4 Å². The average molecular weight is 534 g/mol. The van der Waals surface area contributed by atoms with Gasteiger partial charge in [-0.25, -0.2) is 8.78 Å². The van der Waals surface area contributed by atoms with Crippen molar-refractivity contribution >= 4 is 0 Å². The first kappa shape index (κ1) is 26.9. The molecule has 38 heavy (non-hydrogen) atoms. The van der Waals surface area contributed by atoms with Gasteiger partial charge in [0, 0.05) is 51.2 Å². The van der Waals surface area contributed by atoms with Crippen LogP contribution in [0.1, 0.15) is 102 Å². The molecule has 3 aliphatic carbocycles. The summed E-state index contributed by atoms with van der Waals surface area (Å²) in [5.74, 6) is -0.226. The molecule has 2 heterocycles. The van der Waals surface area contributed by atoms with Gasteiger partial charge in [0.1, 0.15) is 5.75 Å². The minimum atomic E-state index is -2.48. The third-order valence-electron chi connectivity index (χ3n) is 10.2. The Balaban J connectivity index is 0.939. The van der Waals surface area contributed by atoms with E-state index in [9.17, 15) is 8.78 Å². The van der Waals surface area contributed by atoms with Crippen LogP contribution in [0.5, 0.6) is 5.75 Å². The summed E-state index contributed by atoms with van der Waals surface area (Å²) in [6.07, 6.45) is 12.5. The normalized spacial score (nSPS) is 39.3. The van der Waals surface area contributed by atoms with Crippen molar-refractivity contribution in [2.45, 2.75) is 114 Å². The molecule has 2 bridgehead atoms. The summed E-state index contributed by atoms with van der Waals surface area (Å²) in [4.78, 5) is 14.1. The second-order valence-corrected chi connectivity index (χ2v) is 13.0. The number of nitrogens with zero attached hydrogens (tertiary/aromatic N) is 1. The van der Waals surface area contributed by atoms with Crippen molar-refractivity contribution in [2.75, 3.05) is 26.2 Å². The van der Waals surface area contributed by atoms with E-state index in [1.54, 1.807) is 0 Å². The number of halogens is 2. The van der Waals surface area contributed by atoms with E-state index < -0.39 is 17.5 Å². The fourth-order valence-corrected chi connectivity index (χ4v) is 7.87. The molecule has 2 saturated heterocycles. The van der Waals surface area contributed by atoms with Gasteiger partial charge in [-0.2, -0.15) is 9.78 Å². The lowest BCUT2D eigenvalue weighted by molar-refractivity contribution is -0.361. The van der Waals surface area contributed by atoms with Crippen LogP contribution in [0.4, 0.5) is 8.78 Å². The van der Waals surface area contributed by atoms with Crippen molar-refractivity contribution in [1.82, 2.24) is 4.90 Å². The summed E-state index contributed by atoms with van der Waals surface area (Å²) >= 11 is 0.